The topological polar surface area (TPSA) is 85.2 Å². The van der Waals surface area contributed by atoms with Crippen LogP contribution in [0.3, 0.4) is 0 Å². The first-order chi connectivity index (χ1) is 18.2. The first-order valence-corrected chi connectivity index (χ1v) is 13.7. The summed E-state index contributed by atoms with van der Waals surface area (Å²) in [7, 11) is 1.75. The molecule has 6 rings (SSSR count). The first-order valence-electron chi connectivity index (χ1n) is 13.7. The molecule has 0 unspecified atom stereocenters. The van der Waals surface area contributed by atoms with Gasteiger partial charge in [-0.2, -0.15) is 5.10 Å². The fourth-order valence-corrected chi connectivity index (χ4v) is 5.76. The zero-order valence-electron chi connectivity index (χ0n) is 21.7. The van der Waals surface area contributed by atoms with Crippen LogP contribution in [0.5, 0.6) is 0 Å². The van der Waals surface area contributed by atoms with Gasteiger partial charge in [0.2, 0.25) is 0 Å². The van der Waals surface area contributed by atoms with Gasteiger partial charge in [0.05, 0.1) is 29.8 Å². The Hall–Kier alpha value is -3.10. The molecule has 8 heteroatoms. The molecule has 194 valence electrons. The minimum absolute atomic E-state index is 0.0323. The maximum absolute atomic E-state index is 13.3. The predicted molar refractivity (Wildman–Crippen MR) is 142 cm³/mol. The summed E-state index contributed by atoms with van der Waals surface area (Å²) in [6, 6.07) is 8.52. The largest absolute Gasteiger partial charge is 0.383 e. The number of hydrogen-bond donors (Lipinski definition) is 1. The van der Waals surface area contributed by atoms with E-state index in [0.29, 0.717) is 29.9 Å². The molecule has 2 aliphatic carbocycles. The number of carbonyl (C=O) groups is 1. The molecule has 0 radical (unpaired) electrons. The van der Waals surface area contributed by atoms with Crippen molar-refractivity contribution in [2.45, 2.75) is 50.9 Å². The number of amides is 1. The highest BCUT2D eigenvalue weighted by atomic mass is 16.5. The Labute approximate surface area is 218 Å². The Balaban J connectivity index is 1.20. The number of aryl methyl sites for hydroxylation is 2. The second kappa shape index (κ2) is 10.7. The fraction of sp³-hybridized carbons (Fsp3) is 0.517. The summed E-state index contributed by atoms with van der Waals surface area (Å²) in [5.41, 5.74) is 6.31. The number of piperidine rings is 1. The van der Waals surface area contributed by atoms with Crippen molar-refractivity contribution in [1.29, 1.82) is 0 Å². The summed E-state index contributed by atoms with van der Waals surface area (Å²) in [5, 5.41) is 7.85. The SMILES string of the molecule is COCCN1CCC(CNC(=O)c2cnn(-c3ncc4c(n3)-c3ccccc3CCC4)c2C2CC2)CC1. The van der Waals surface area contributed by atoms with E-state index in [0.717, 1.165) is 82.6 Å². The molecule has 3 heterocycles. The van der Waals surface area contributed by atoms with Crippen molar-refractivity contribution in [2.24, 2.45) is 5.92 Å². The third-order valence-corrected chi connectivity index (χ3v) is 8.09. The minimum Gasteiger partial charge on any atom is -0.383 e. The molecule has 1 aromatic carbocycles. The van der Waals surface area contributed by atoms with E-state index in [9.17, 15) is 4.79 Å². The number of likely N-dealkylation sites (tertiary alicyclic amines) is 1. The smallest absolute Gasteiger partial charge is 0.254 e. The summed E-state index contributed by atoms with van der Waals surface area (Å²) in [4.78, 5) is 25.5. The van der Waals surface area contributed by atoms with Gasteiger partial charge in [-0.15, -0.1) is 0 Å². The Bertz CT molecular complexity index is 1260. The average molecular weight is 501 g/mol. The van der Waals surface area contributed by atoms with Crippen LogP contribution >= 0.6 is 0 Å². The molecule has 2 aromatic heterocycles. The van der Waals surface area contributed by atoms with Gasteiger partial charge < -0.3 is 15.0 Å². The zero-order valence-corrected chi connectivity index (χ0v) is 21.7. The monoisotopic (exact) mass is 500 g/mol. The molecule has 2 fully saturated rings. The Morgan fingerprint density at radius 2 is 1.89 bits per heavy atom. The predicted octanol–water partition coefficient (Wildman–Crippen LogP) is 3.78. The number of hydrogen-bond acceptors (Lipinski definition) is 6. The van der Waals surface area contributed by atoms with Crippen LogP contribution in [0.25, 0.3) is 17.2 Å². The summed E-state index contributed by atoms with van der Waals surface area (Å²) in [6.07, 6.45) is 11.1. The van der Waals surface area contributed by atoms with Crippen LogP contribution in [0, 0.1) is 5.92 Å². The first kappa shape index (κ1) is 24.2. The fourth-order valence-electron chi connectivity index (χ4n) is 5.76. The van der Waals surface area contributed by atoms with Crippen LogP contribution in [0.2, 0.25) is 0 Å². The highest BCUT2D eigenvalue weighted by Gasteiger charge is 2.34. The van der Waals surface area contributed by atoms with Crippen LogP contribution in [0.4, 0.5) is 0 Å². The van der Waals surface area contributed by atoms with Gasteiger partial charge in [0.15, 0.2) is 0 Å². The van der Waals surface area contributed by atoms with Gasteiger partial charge in [-0.3, -0.25) is 4.79 Å². The molecule has 0 bridgehead atoms. The number of nitrogens with zero attached hydrogens (tertiary/aromatic N) is 5. The third-order valence-electron chi connectivity index (χ3n) is 8.09. The molecule has 1 saturated carbocycles. The highest BCUT2D eigenvalue weighted by Crippen LogP contribution is 2.42. The van der Waals surface area contributed by atoms with Gasteiger partial charge in [-0.25, -0.2) is 14.6 Å². The zero-order chi connectivity index (χ0) is 25.2. The summed E-state index contributed by atoms with van der Waals surface area (Å²) in [6.45, 7) is 4.59. The number of aromatic nitrogens is 4. The molecule has 0 spiro atoms. The number of nitrogens with one attached hydrogen (secondary N) is 1. The molecule has 0 atom stereocenters. The number of benzene rings is 1. The average Bonchev–Trinajstić information content (AvgIpc) is 3.72. The number of methoxy groups -OCH3 is 1. The number of rotatable bonds is 8. The number of fused-ring (bicyclic) bond motifs is 3. The van der Waals surface area contributed by atoms with E-state index >= 15 is 0 Å². The maximum Gasteiger partial charge on any atom is 0.254 e. The van der Waals surface area contributed by atoms with E-state index < -0.39 is 0 Å². The van der Waals surface area contributed by atoms with E-state index in [-0.39, 0.29) is 5.91 Å². The van der Waals surface area contributed by atoms with E-state index in [2.05, 4.69) is 39.6 Å². The van der Waals surface area contributed by atoms with Crippen LogP contribution in [-0.4, -0.2) is 70.5 Å². The van der Waals surface area contributed by atoms with E-state index in [1.165, 1.54) is 16.7 Å². The van der Waals surface area contributed by atoms with Crippen LogP contribution < -0.4 is 5.32 Å². The lowest BCUT2D eigenvalue weighted by Crippen LogP contribution is -2.39. The molecule has 1 N–H and O–H groups in total. The standard InChI is InChI=1S/C29H36N6O2/c1-37-16-15-34-13-11-20(12-14-34)17-30-28(36)25-19-32-35(27(25)22-9-10-22)29-31-18-23-7-4-6-21-5-2-3-8-24(21)26(23)33-29/h2-3,5,8,18-20,22H,4,6-7,9-17H2,1H3,(H,30,36). The van der Waals surface area contributed by atoms with E-state index in [4.69, 9.17) is 14.7 Å². The van der Waals surface area contributed by atoms with Crippen LogP contribution in [0.15, 0.2) is 36.7 Å². The van der Waals surface area contributed by atoms with Crippen molar-refractivity contribution in [3.63, 3.8) is 0 Å². The van der Waals surface area contributed by atoms with E-state index in [1.54, 1.807) is 13.3 Å². The van der Waals surface area contributed by atoms with Crippen molar-refractivity contribution < 1.29 is 9.53 Å². The molecule has 1 amide bonds. The van der Waals surface area contributed by atoms with Gasteiger partial charge in [-0.1, -0.05) is 24.3 Å². The lowest BCUT2D eigenvalue weighted by molar-refractivity contribution is 0.0925. The van der Waals surface area contributed by atoms with Crippen LogP contribution in [-0.2, 0) is 17.6 Å². The lowest BCUT2D eigenvalue weighted by atomic mass is 9.96. The molecule has 1 saturated heterocycles. The van der Waals surface area contributed by atoms with Crippen molar-refractivity contribution in [3.8, 4) is 17.2 Å². The third kappa shape index (κ3) is 5.18. The Morgan fingerprint density at radius 1 is 1.08 bits per heavy atom. The van der Waals surface area contributed by atoms with Gasteiger partial charge in [0.1, 0.15) is 0 Å². The highest BCUT2D eigenvalue weighted by molar-refractivity contribution is 5.95. The molecule has 3 aromatic rings. The number of carbonyl (C=O) groups excluding carboxylic acids is 1. The number of ether oxygens (including phenoxy) is 1. The molecule has 1 aliphatic heterocycles. The Morgan fingerprint density at radius 3 is 2.70 bits per heavy atom. The second-order valence-corrected chi connectivity index (χ2v) is 10.7. The van der Waals surface area contributed by atoms with Gasteiger partial charge >= 0.3 is 0 Å². The van der Waals surface area contributed by atoms with Crippen molar-refractivity contribution >= 4 is 5.91 Å². The minimum atomic E-state index is -0.0323. The maximum atomic E-state index is 13.3. The van der Waals surface area contributed by atoms with Crippen LogP contribution in [0.1, 0.15) is 65.2 Å². The molecule has 37 heavy (non-hydrogen) atoms. The summed E-state index contributed by atoms with van der Waals surface area (Å²) in [5.74, 6) is 1.37. The molecule has 8 nitrogen and oxygen atoms in total. The molecular formula is C29H36N6O2. The molecule has 3 aliphatic rings. The van der Waals surface area contributed by atoms with Crippen molar-refractivity contribution in [3.05, 3.63) is 59.0 Å². The van der Waals surface area contributed by atoms with Crippen molar-refractivity contribution in [2.75, 3.05) is 39.9 Å². The Kier molecular flexibility index (Phi) is 7.02. The lowest BCUT2D eigenvalue weighted by Gasteiger charge is -2.31. The normalized spacial score (nSPS) is 18.2. The van der Waals surface area contributed by atoms with Gasteiger partial charge in [-0.05, 0) is 75.1 Å². The summed E-state index contributed by atoms with van der Waals surface area (Å²) >= 11 is 0. The quantitative estimate of drug-likeness (QED) is 0.507. The van der Waals surface area contributed by atoms with Crippen molar-refractivity contribution in [1.82, 2.24) is 30.0 Å². The second-order valence-electron chi connectivity index (χ2n) is 10.7. The van der Waals surface area contributed by atoms with Gasteiger partial charge in [0.25, 0.3) is 11.9 Å². The summed E-state index contributed by atoms with van der Waals surface area (Å²) < 4.78 is 7.02. The van der Waals surface area contributed by atoms with E-state index in [1.807, 2.05) is 10.9 Å². The molecular weight excluding hydrogens is 464 g/mol. The van der Waals surface area contributed by atoms with Gasteiger partial charge in [0, 0.05) is 37.9 Å².